The summed E-state index contributed by atoms with van der Waals surface area (Å²) in [7, 11) is 0. The van der Waals surface area contributed by atoms with Crippen LogP contribution in [0.3, 0.4) is 0 Å². The van der Waals surface area contributed by atoms with Crippen LogP contribution in [0.1, 0.15) is 39.0 Å². The van der Waals surface area contributed by atoms with Crippen molar-refractivity contribution in [3.63, 3.8) is 0 Å². The number of aliphatic hydroxyl groups is 1. The van der Waals surface area contributed by atoms with Gasteiger partial charge in [0.25, 0.3) is 0 Å². The van der Waals surface area contributed by atoms with Gasteiger partial charge in [0.15, 0.2) is 0 Å². The molecule has 0 heterocycles. The summed E-state index contributed by atoms with van der Waals surface area (Å²) in [6.07, 6.45) is 10.7. The molecule has 2 N–H and O–H groups in total. The third-order valence-corrected chi connectivity index (χ3v) is 3.74. The van der Waals surface area contributed by atoms with Gasteiger partial charge in [-0.2, -0.15) is 0 Å². The Hall–Kier alpha value is -0.600. The molecular weight excluding hydrogens is 242 g/mol. The van der Waals surface area contributed by atoms with Crippen LogP contribution in [0.5, 0.6) is 0 Å². The summed E-state index contributed by atoms with van der Waals surface area (Å²) in [6, 6.07) is 0.604. The molecule has 1 saturated carbocycles. The van der Waals surface area contributed by atoms with Gasteiger partial charge in [-0.05, 0) is 31.6 Å². The van der Waals surface area contributed by atoms with Gasteiger partial charge in [0.1, 0.15) is 6.10 Å². The zero-order chi connectivity index (χ0) is 13.9. The molecule has 19 heavy (non-hydrogen) atoms. The molecule has 0 spiro atoms. The lowest BCUT2D eigenvalue weighted by molar-refractivity contribution is 0.0118. The second-order valence-corrected chi connectivity index (χ2v) is 5.14. The molecule has 0 radical (unpaired) electrons. The smallest absolute Gasteiger partial charge is 0.137 e. The summed E-state index contributed by atoms with van der Waals surface area (Å²) in [5, 5.41) is 12.5. The first-order valence-corrected chi connectivity index (χ1v) is 7.29. The van der Waals surface area contributed by atoms with Crippen molar-refractivity contribution in [2.45, 2.75) is 51.2 Å². The van der Waals surface area contributed by atoms with Crippen molar-refractivity contribution >= 4 is 0 Å². The van der Waals surface area contributed by atoms with Gasteiger partial charge in [0.2, 0.25) is 0 Å². The van der Waals surface area contributed by atoms with E-state index in [1.807, 2.05) is 0 Å². The van der Waals surface area contributed by atoms with Crippen molar-refractivity contribution in [3.8, 4) is 12.3 Å². The molecule has 0 aromatic rings. The molecule has 0 saturated heterocycles. The summed E-state index contributed by atoms with van der Waals surface area (Å²) in [4.78, 5) is 0. The minimum atomic E-state index is -0.813. The van der Waals surface area contributed by atoms with Crippen molar-refractivity contribution in [2.75, 3.05) is 26.6 Å². The molecule has 0 aromatic carbocycles. The monoisotopic (exact) mass is 269 g/mol. The second-order valence-electron chi connectivity index (χ2n) is 5.14. The van der Waals surface area contributed by atoms with Crippen LogP contribution >= 0.6 is 0 Å². The molecule has 1 fully saturated rings. The van der Waals surface area contributed by atoms with Crippen molar-refractivity contribution in [1.29, 1.82) is 0 Å². The van der Waals surface area contributed by atoms with Gasteiger partial charge in [0, 0.05) is 6.04 Å². The highest BCUT2D eigenvalue weighted by Gasteiger charge is 2.18. The van der Waals surface area contributed by atoms with Crippen LogP contribution in [0.25, 0.3) is 0 Å². The predicted molar refractivity (Wildman–Crippen MR) is 75.7 cm³/mol. The molecule has 0 aliphatic heterocycles. The fourth-order valence-corrected chi connectivity index (χ4v) is 2.38. The van der Waals surface area contributed by atoms with Gasteiger partial charge >= 0.3 is 0 Å². The van der Waals surface area contributed by atoms with E-state index in [4.69, 9.17) is 21.0 Å². The lowest BCUT2D eigenvalue weighted by Crippen LogP contribution is -2.35. The van der Waals surface area contributed by atoms with E-state index in [2.05, 4.69) is 18.2 Å². The molecule has 0 bridgehead atoms. The van der Waals surface area contributed by atoms with E-state index in [9.17, 15) is 0 Å². The van der Waals surface area contributed by atoms with E-state index in [0.717, 1.165) is 5.92 Å². The number of ether oxygens (including phenoxy) is 2. The summed E-state index contributed by atoms with van der Waals surface area (Å²) in [5.74, 6) is 3.12. The molecular formula is C15H27NO3. The van der Waals surface area contributed by atoms with Crippen LogP contribution in [0.4, 0.5) is 0 Å². The van der Waals surface area contributed by atoms with Crippen LogP contribution in [0.15, 0.2) is 0 Å². The molecule has 4 heteroatoms. The lowest BCUT2D eigenvalue weighted by Gasteiger charge is -2.28. The van der Waals surface area contributed by atoms with Gasteiger partial charge < -0.3 is 14.6 Å². The van der Waals surface area contributed by atoms with Crippen LogP contribution in [-0.2, 0) is 9.47 Å². The van der Waals surface area contributed by atoms with Crippen molar-refractivity contribution in [1.82, 2.24) is 5.32 Å². The number of hydrogen-bond donors (Lipinski definition) is 2. The van der Waals surface area contributed by atoms with E-state index >= 15 is 0 Å². The Morgan fingerprint density at radius 1 is 1.26 bits per heavy atom. The maximum Gasteiger partial charge on any atom is 0.137 e. The summed E-state index contributed by atoms with van der Waals surface area (Å²) < 4.78 is 10.6. The molecule has 1 aliphatic carbocycles. The van der Waals surface area contributed by atoms with Crippen LogP contribution in [0.2, 0.25) is 0 Å². The Labute approximate surface area is 116 Å². The molecule has 1 atom stereocenters. The first kappa shape index (κ1) is 16.5. The molecule has 0 aromatic heterocycles. The van der Waals surface area contributed by atoms with Gasteiger partial charge in [-0.1, -0.05) is 19.3 Å². The maximum atomic E-state index is 9.06. The summed E-state index contributed by atoms with van der Waals surface area (Å²) in [6.45, 7) is 4.01. The van der Waals surface area contributed by atoms with Gasteiger partial charge in [-0.15, -0.1) is 6.42 Å². The third-order valence-electron chi connectivity index (χ3n) is 3.74. The Bertz CT molecular complexity index is 257. The fraction of sp³-hybridized carbons (Fsp3) is 0.867. The zero-order valence-corrected chi connectivity index (χ0v) is 11.9. The Morgan fingerprint density at radius 2 is 1.95 bits per heavy atom. The first-order chi connectivity index (χ1) is 9.26. The first-order valence-electron chi connectivity index (χ1n) is 7.29. The molecule has 4 nitrogen and oxygen atoms in total. The van der Waals surface area contributed by atoms with Crippen molar-refractivity contribution < 1.29 is 14.6 Å². The highest BCUT2D eigenvalue weighted by atomic mass is 16.5. The zero-order valence-electron chi connectivity index (χ0n) is 11.9. The predicted octanol–water partition coefficient (Wildman–Crippen LogP) is 1.53. The Balaban J connectivity index is 1.88. The second kappa shape index (κ2) is 10.2. The lowest BCUT2D eigenvalue weighted by atomic mass is 9.85. The Morgan fingerprint density at radius 3 is 2.58 bits per heavy atom. The highest BCUT2D eigenvalue weighted by molar-refractivity contribution is 4.92. The molecule has 1 rings (SSSR count). The van der Waals surface area contributed by atoms with Crippen LogP contribution in [-0.4, -0.2) is 43.8 Å². The molecule has 1 aliphatic rings. The standard InChI is InChI=1S/C15H27NO3/c1-3-13-5-7-14(8-6-13)16-12-19-10-9-18-11-15(17)4-2/h2,13-17H,3,5-12H2,1H3. The van der Waals surface area contributed by atoms with E-state index < -0.39 is 6.10 Å². The number of aliphatic hydroxyl groups excluding tert-OH is 1. The van der Waals surface area contributed by atoms with Gasteiger partial charge in [-0.25, -0.2) is 0 Å². The molecule has 1 unspecified atom stereocenters. The average Bonchev–Trinajstić information content (AvgIpc) is 2.46. The average molecular weight is 269 g/mol. The summed E-state index contributed by atoms with van der Waals surface area (Å²) in [5.41, 5.74) is 0. The van der Waals surface area contributed by atoms with Gasteiger partial charge in [-0.3, -0.25) is 5.32 Å². The number of hydrogen-bond acceptors (Lipinski definition) is 4. The van der Waals surface area contributed by atoms with E-state index in [1.165, 1.54) is 32.1 Å². The maximum absolute atomic E-state index is 9.06. The fourth-order valence-electron chi connectivity index (χ4n) is 2.38. The third kappa shape index (κ3) is 7.54. The Kier molecular flexibility index (Phi) is 8.85. The number of rotatable bonds is 9. The molecule has 0 amide bonds. The van der Waals surface area contributed by atoms with E-state index in [-0.39, 0.29) is 6.61 Å². The summed E-state index contributed by atoms with van der Waals surface area (Å²) >= 11 is 0. The quantitative estimate of drug-likeness (QED) is 0.379. The molecule has 110 valence electrons. The van der Waals surface area contributed by atoms with Crippen molar-refractivity contribution in [3.05, 3.63) is 0 Å². The highest BCUT2D eigenvalue weighted by Crippen LogP contribution is 2.26. The van der Waals surface area contributed by atoms with Crippen molar-refractivity contribution in [2.24, 2.45) is 5.92 Å². The van der Waals surface area contributed by atoms with Crippen LogP contribution < -0.4 is 5.32 Å². The van der Waals surface area contributed by atoms with E-state index in [1.54, 1.807) is 0 Å². The topological polar surface area (TPSA) is 50.7 Å². The minimum Gasteiger partial charge on any atom is -0.378 e. The number of nitrogens with one attached hydrogen (secondary N) is 1. The largest absolute Gasteiger partial charge is 0.378 e. The minimum absolute atomic E-state index is 0.175. The normalized spacial score (nSPS) is 24.9. The van der Waals surface area contributed by atoms with E-state index in [0.29, 0.717) is 26.0 Å². The van der Waals surface area contributed by atoms with Crippen LogP contribution in [0, 0.1) is 18.3 Å². The van der Waals surface area contributed by atoms with Gasteiger partial charge in [0.05, 0.1) is 26.6 Å². The SMILES string of the molecule is C#CC(O)COCCOCNC1CCC(CC)CC1. The number of terminal acetylenes is 1.